The number of aromatic amines is 1. The van der Waals surface area contributed by atoms with Gasteiger partial charge in [0.2, 0.25) is 0 Å². The molecule has 0 aliphatic heterocycles. The van der Waals surface area contributed by atoms with Crippen molar-refractivity contribution < 1.29 is 4.79 Å². The van der Waals surface area contributed by atoms with E-state index in [1.165, 1.54) is 0 Å². The number of urea groups is 1. The molecule has 0 fully saturated rings. The molecule has 5 heteroatoms. The summed E-state index contributed by atoms with van der Waals surface area (Å²) in [6.45, 7) is 2.09. The van der Waals surface area contributed by atoms with Crippen LogP contribution in [0.4, 0.5) is 10.5 Å². The van der Waals surface area contributed by atoms with Crippen LogP contribution in [0.1, 0.15) is 6.92 Å². The second kappa shape index (κ2) is 6.43. The first-order valence-corrected chi connectivity index (χ1v) is 6.37. The summed E-state index contributed by atoms with van der Waals surface area (Å²) in [7, 11) is 0. The fourth-order valence-electron chi connectivity index (χ4n) is 1.71. The monoisotopic (exact) mass is 268 g/mol. The summed E-state index contributed by atoms with van der Waals surface area (Å²) < 4.78 is 0. The number of carbonyl (C=O) groups excluding carboxylic acids is 1. The molecule has 1 aromatic carbocycles. The Bertz CT molecular complexity index is 596. The predicted octanol–water partition coefficient (Wildman–Crippen LogP) is 2.96. The molecule has 0 aliphatic carbocycles. The third-order valence-electron chi connectivity index (χ3n) is 2.84. The minimum atomic E-state index is -0.306. The lowest BCUT2D eigenvalue weighted by Gasteiger charge is -2.08. The number of nitrogens with one attached hydrogen (secondary N) is 3. The molecule has 102 valence electrons. The van der Waals surface area contributed by atoms with Gasteiger partial charge in [-0.2, -0.15) is 5.26 Å². The van der Waals surface area contributed by atoms with Gasteiger partial charge in [0.05, 0.1) is 12.0 Å². The van der Waals surface area contributed by atoms with Gasteiger partial charge in [0.25, 0.3) is 0 Å². The number of hydrogen-bond acceptors (Lipinski definition) is 2. The summed E-state index contributed by atoms with van der Waals surface area (Å²) in [6.07, 6.45) is 1.87. The van der Waals surface area contributed by atoms with Crippen LogP contribution in [0, 0.1) is 17.2 Å². The second-order valence-electron chi connectivity index (χ2n) is 4.53. The van der Waals surface area contributed by atoms with Gasteiger partial charge in [0, 0.05) is 24.1 Å². The maximum absolute atomic E-state index is 11.6. The molecule has 0 saturated carbocycles. The van der Waals surface area contributed by atoms with Gasteiger partial charge in [-0.25, -0.2) is 4.79 Å². The van der Waals surface area contributed by atoms with Gasteiger partial charge in [-0.15, -0.1) is 0 Å². The molecule has 5 nitrogen and oxygen atoms in total. The number of amides is 2. The Labute approximate surface area is 117 Å². The highest BCUT2D eigenvalue weighted by atomic mass is 16.2. The maximum Gasteiger partial charge on any atom is 0.319 e. The summed E-state index contributed by atoms with van der Waals surface area (Å²) in [5.41, 5.74) is 2.80. The van der Waals surface area contributed by atoms with Gasteiger partial charge in [-0.1, -0.05) is 12.1 Å². The lowest BCUT2D eigenvalue weighted by molar-refractivity contribution is 0.251. The molecule has 0 saturated heterocycles. The fourth-order valence-corrected chi connectivity index (χ4v) is 1.71. The minimum Gasteiger partial charge on any atom is -0.361 e. The number of H-pyrrole nitrogens is 1. The third kappa shape index (κ3) is 3.62. The van der Waals surface area contributed by atoms with E-state index < -0.39 is 0 Å². The van der Waals surface area contributed by atoms with Gasteiger partial charge in [0.1, 0.15) is 0 Å². The van der Waals surface area contributed by atoms with Crippen LogP contribution < -0.4 is 10.6 Å². The molecular weight excluding hydrogens is 252 g/mol. The van der Waals surface area contributed by atoms with Crippen molar-refractivity contribution in [3.63, 3.8) is 0 Å². The lowest BCUT2D eigenvalue weighted by atomic mass is 10.1. The summed E-state index contributed by atoms with van der Waals surface area (Å²) in [6, 6.07) is 13.2. The van der Waals surface area contributed by atoms with Gasteiger partial charge < -0.3 is 15.6 Å². The smallest absolute Gasteiger partial charge is 0.319 e. The zero-order chi connectivity index (χ0) is 14.4. The van der Waals surface area contributed by atoms with Crippen LogP contribution in [0.25, 0.3) is 11.3 Å². The Kier molecular flexibility index (Phi) is 4.40. The van der Waals surface area contributed by atoms with Crippen molar-refractivity contribution in [2.24, 2.45) is 5.92 Å². The van der Waals surface area contributed by atoms with Crippen molar-refractivity contribution in [1.82, 2.24) is 10.3 Å². The molecule has 0 unspecified atom stereocenters. The Morgan fingerprint density at radius 2 is 2.10 bits per heavy atom. The van der Waals surface area contributed by atoms with Crippen molar-refractivity contribution in [2.75, 3.05) is 11.9 Å². The minimum absolute atomic E-state index is 0.198. The van der Waals surface area contributed by atoms with E-state index in [1.807, 2.05) is 42.6 Å². The number of rotatable bonds is 4. The number of benzene rings is 1. The molecule has 20 heavy (non-hydrogen) atoms. The van der Waals surface area contributed by atoms with Gasteiger partial charge >= 0.3 is 6.03 Å². The SMILES string of the molecule is C[C@H](C#N)CNC(=O)Nc1ccc(-c2ccc[nH]2)cc1. The number of nitriles is 1. The van der Waals surface area contributed by atoms with Crippen molar-refractivity contribution in [3.05, 3.63) is 42.6 Å². The Balaban J connectivity index is 1.91. The van der Waals surface area contributed by atoms with Crippen LogP contribution >= 0.6 is 0 Å². The molecule has 0 radical (unpaired) electrons. The van der Waals surface area contributed by atoms with Crippen LogP contribution in [0.15, 0.2) is 42.6 Å². The maximum atomic E-state index is 11.6. The lowest BCUT2D eigenvalue weighted by Crippen LogP contribution is -2.31. The Hall–Kier alpha value is -2.74. The van der Waals surface area contributed by atoms with E-state index in [-0.39, 0.29) is 11.9 Å². The molecule has 1 atom stereocenters. The average Bonchev–Trinajstić information content (AvgIpc) is 2.99. The van der Waals surface area contributed by atoms with E-state index in [4.69, 9.17) is 5.26 Å². The van der Waals surface area contributed by atoms with Crippen LogP contribution in [0.5, 0.6) is 0 Å². The van der Waals surface area contributed by atoms with Crippen molar-refractivity contribution in [1.29, 1.82) is 5.26 Å². The zero-order valence-corrected chi connectivity index (χ0v) is 11.2. The predicted molar refractivity (Wildman–Crippen MR) is 78.0 cm³/mol. The highest BCUT2D eigenvalue weighted by Gasteiger charge is 2.05. The second-order valence-corrected chi connectivity index (χ2v) is 4.53. The van der Waals surface area contributed by atoms with Crippen molar-refractivity contribution in [3.8, 4) is 17.3 Å². The molecule has 2 rings (SSSR count). The Morgan fingerprint density at radius 1 is 1.35 bits per heavy atom. The first-order chi connectivity index (χ1) is 9.69. The molecular formula is C15H16N4O. The summed E-state index contributed by atoms with van der Waals surface area (Å²) in [4.78, 5) is 14.7. The molecule has 0 spiro atoms. The quantitative estimate of drug-likeness (QED) is 0.796. The molecule has 3 N–H and O–H groups in total. The van der Waals surface area contributed by atoms with Gasteiger partial charge in [-0.3, -0.25) is 0 Å². The molecule has 2 aromatic rings. The summed E-state index contributed by atoms with van der Waals surface area (Å²) in [5, 5.41) is 14.0. The molecule has 1 heterocycles. The number of hydrogen-bond donors (Lipinski definition) is 3. The summed E-state index contributed by atoms with van der Waals surface area (Å²) in [5.74, 6) is -0.198. The van der Waals surface area contributed by atoms with Crippen molar-refractivity contribution >= 4 is 11.7 Å². The van der Waals surface area contributed by atoms with E-state index in [1.54, 1.807) is 6.92 Å². The van der Waals surface area contributed by atoms with E-state index in [0.717, 1.165) is 11.3 Å². The van der Waals surface area contributed by atoms with Crippen LogP contribution in [-0.4, -0.2) is 17.6 Å². The highest BCUT2D eigenvalue weighted by molar-refractivity contribution is 5.89. The van der Waals surface area contributed by atoms with Crippen LogP contribution in [0.2, 0.25) is 0 Å². The number of aromatic nitrogens is 1. The highest BCUT2D eigenvalue weighted by Crippen LogP contribution is 2.19. The molecule has 1 aromatic heterocycles. The third-order valence-corrected chi connectivity index (χ3v) is 2.84. The largest absolute Gasteiger partial charge is 0.361 e. The van der Waals surface area contributed by atoms with Gasteiger partial charge in [-0.05, 0) is 36.8 Å². The first-order valence-electron chi connectivity index (χ1n) is 6.37. The first kappa shape index (κ1) is 13.7. The fraction of sp³-hybridized carbons (Fsp3) is 0.200. The Morgan fingerprint density at radius 3 is 2.70 bits per heavy atom. The number of nitrogens with zero attached hydrogens (tertiary/aromatic N) is 1. The van der Waals surface area contributed by atoms with E-state index in [2.05, 4.69) is 21.7 Å². The molecule has 0 aliphatic rings. The topological polar surface area (TPSA) is 80.7 Å². The van der Waals surface area contributed by atoms with Crippen molar-refractivity contribution in [2.45, 2.75) is 6.92 Å². The standard InChI is InChI=1S/C15H16N4O/c1-11(9-16)10-18-15(20)19-13-6-4-12(5-7-13)14-3-2-8-17-14/h2-8,11,17H,10H2,1H3,(H2,18,19,20)/t11-/m1/s1. The molecule has 0 bridgehead atoms. The van der Waals surface area contributed by atoms with E-state index in [9.17, 15) is 4.79 Å². The number of carbonyl (C=O) groups is 1. The average molecular weight is 268 g/mol. The van der Waals surface area contributed by atoms with Crippen LogP contribution in [-0.2, 0) is 0 Å². The van der Waals surface area contributed by atoms with Crippen LogP contribution in [0.3, 0.4) is 0 Å². The normalized spacial score (nSPS) is 11.4. The summed E-state index contributed by atoms with van der Waals surface area (Å²) >= 11 is 0. The zero-order valence-electron chi connectivity index (χ0n) is 11.2. The van der Waals surface area contributed by atoms with Gasteiger partial charge in [0.15, 0.2) is 0 Å². The van der Waals surface area contributed by atoms with E-state index in [0.29, 0.717) is 12.2 Å². The van der Waals surface area contributed by atoms with E-state index >= 15 is 0 Å². The number of anilines is 1. The molecule has 2 amide bonds.